The Morgan fingerprint density at radius 1 is 1.33 bits per heavy atom. The Hall–Kier alpha value is -2.14. The summed E-state index contributed by atoms with van der Waals surface area (Å²) in [4.78, 5) is 16.7. The fourth-order valence-electron chi connectivity index (χ4n) is 2.21. The minimum atomic E-state index is -0.131. The monoisotopic (exact) mass is 287 g/mol. The van der Waals surface area contributed by atoms with Crippen molar-refractivity contribution >= 4 is 22.5 Å². The van der Waals surface area contributed by atoms with Crippen molar-refractivity contribution in [3.8, 4) is 0 Å². The maximum absolute atomic E-state index is 12.4. The van der Waals surface area contributed by atoms with Gasteiger partial charge in [-0.05, 0) is 19.2 Å². The zero-order valence-electron chi connectivity index (χ0n) is 12.6. The number of carbonyl (C=O) groups excluding carboxylic acids is 1. The number of anilines is 1. The van der Waals surface area contributed by atoms with Crippen LogP contribution in [-0.2, 0) is 4.74 Å². The van der Waals surface area contributed by atoms with Crippen molar-refractivity contribution in [3.63, 3.8) is 0 Å². The van der Waals surface area contributed by atoms with Crippen molar-refractivity contribution in [2.75, 3.05) is 25.6 Å². The molecule has 21 heavy (non-hydrogen) atoms. The molecule has 2 N–H and O–H groups in total. The SMILES string of the molecule is CCOCC(C)NC(=O)c1cnc(NC)c2ccccc12. The van der Waals surface area contributed by atoms with Crippen molar-refractivity contribution in [2.24, 2.45) is 0 Å². The van der Waals surface area contributed by atoms with Gasteiger partial charge in [-0.1, -0.05) is 24.3 Å². The van der Waals surface area contributed by atoms with Crippen molar-refractivity contribution in [1.29, 1.82) is 0 Å². The number of amides is 1. The molecule has 0 aliphatic heterocycles. The van der Waals surface area contributed by atoms with Crippen molar-refractivity contribution in [3.05, 3.63) is 36.0 Å². The van der Waals surface area contributed by atoms with Gasteiger partial charge in [-0.25, -0.2) is 4.98 Å². The van der Waals surface area contributed by atoms with Gasteiger partial charge < -0.3 is 15.4 Å². The van der Waals surface area contributed by atoms with Gasteiger partial charge in [0.1, 0.15) is 5.82 Å². The van der Waals surface area contributed by atoms with Crippen LogP contribution in [0.5, 0.6) is 0 Å². The normalized spacial score (nSPS) is 12.1. The highest BCUT2D eigenvalue weighted by molar-refractivity contribution is 6.09. The lowest BCUT2D eigenvalue weighted by Gasteiger charge is -2.15. The van der Waals surface area contributed by atoms with E-state index in [0.29, 0.717) is 18.8 Å². The van der Waals surface area contributed by atoms with Crippen LogP contribution >= 0.6 is 0 Å². The van der Waals surface area contributed by atoms with Crippen LogP contribution in [0.15, 0.2) is 30.5 Å². The number of aromatic nitrogens is 1. The summed E-state index contributed by atoms with van der Waals surface area (Å²) < 4.78 is 5.32. The second-order valence-electron chi connectivity index (χ2n) is 4.85. The minimum Gasteiger partial charge on any atom is -0.380 e. The van der Waals surface area contributed by atoms with E-state index in [2.05, 4.69) is 15.6 Å². The van der Waals surface area contributed by atoms with Gasteiger partial charge >= 0.3 is 0 Å². The molecule has 0 aliphatic rings. The van der Waals surface area contributed by atoms with Crippen LogP contribution in [0.2, 0.25) is 0 Å². The number of nitrogens with one attached hydrogen (secondary N) is 2. The van der Waals surface area contributed by atoms with Crippen LogP contribution < -0.4 is 10.6 Å². The van der Waals surface area contributed by atoms with E-state index in [-0.39, 0.29) is 11.9 Å². The molecule has 0 bridgehead atoms. The molecule has 1 atom stereocenters. The molecule has 0 saturated heterocycles. The third-order valence-electron chi connectivity index (χ3n) is 3.23. The zero-order chi connectivity index (χ0) is 15.2. The van der Waals surface area contributed by atoms with Crippen LogP contribution in [0, 0.1) is 0 Å². The second kappa shape index (κ2) is 7.04. The summed E-state index contributed by atoms with van der Waals surface area (Å²) in [5, 5.41) is 7.80. The van der Waals surface area contributed by atoms with Crippen LogP contribution in [-0.4, -0.2) is 37.2 Å². The molecule has 0 fully saturated rings. The number of fused-ring (bicyclic) bond motifs is 1. The van der Waals surface area contributed by atoms with E-state index in [1.807, 2.05) is 45.2 Å². The Bertz CT molecular complexity index is 628. The first kappa shape index (κ1) is 15.3. The lowest BCUT2D eigenvalue weighted by molar-refractivity contribution is 0.0873. The predicted molar refractivity (Wildman–Crippen MR) is 84.7 cm³/mol. The summed E-state index contributed by atoms with van der Waals surface area (Å²) in [5.41, 5.74) is 0.577. The Labute approximate surface area is 124 Å². The molecule has 1 amide bonds. The lowest BCUT2D eigenvalue weighted by Crippen LogP contribution is -2.36. The molecule has 1 heterocycles. The van der Waals surface area contributed by atoms with Gasteiger partial charge in [0.2, 0.25) is 0 Å². The molecule has 0 saturated carbocycles. The molecule has 2 aromatic rings. The minimum absolute atomic E-state index is 0.0415. The highest BCUT2D eigenvalue weighted by Gasteiger charge is 2.15. The first-order valence-corrected chi connectivity index (χ1v) is 7.11. The van der Waals surface area contributed by atoms with Gasteiger partial charge in [-0.2, -0.15) is 0 Å². The number of hydrogen-bond donors (Lipinski definition) is 2. The molecule has 112 valence electrons. The van der Waals surface area contributed by atoms with Gasteiger partial charge in [0.25, 0.3) is 5.91 Å². The number of benzene rings is 1. The fraction of sp³-hybridized carbons (Fsp3) is 0.375. The molecule has 0 spiro atoms. The average molecular weight is 287 g/mol. The van der Waals surface area contributed by atoms with E-state index >= 15 is 0 Å². The molecule has 1 aromatic carbocycles. The predicted octanol–water partition coefficient (Wildman–Crippen LogP) is 2.43. The van der Waals surface area contributed by atoms with Crippen LogP contribution in [0.3, 0.4) is 0 Å². The van der Waals surface area contributed by atoms with E-state index in [1.165, 1.54) is 0 Å². The largest absolute Gasteiger partial charge is 0.380 e. The van der Waals surface area contributed by atoms with Gasteiger partial charge in [0.15, 0.2) is 0 Å². The number of nitrogens with zero attached hydrogens (tertiary/aromatic N) is 1. The topological polar surface area (TPSA) is 63.2 Å². The van der Waals surface area contributed by atoms with Gasteiger partial charge in [0.05, 0.1) is 12.2 Å². The van der Waals surface area contributed by atoms with Crippen LogP contribution in [0.4, 0.5) is 5.82 Å². The highest BCUT2D eigenvalue weighted by Crippen LogP contribution is 2.24. The highest BCUT2D eigenvalue weighted by atomic mass is 16.5. The summed E-state index contributed by atoms with van der Waals surface area (Å²) in [6.07, 6.45) is 1.61. The maximum atomic E-state index is 12.4. The van der Waals surface area contributed by atoms with Crippen molar-refractivity contribution in [1.82, 2.24) is 10.3 Å². The van der Waals surface area contributed by atoms with Gasteiger partial charge in [-0.15, -0.1) is 0 Å². The summed E-state index contributed by atoms with van der Waals surface area (Å²) in [6, 6.07) is 7.70. The molecular weight excluding hydrogens is 266 g/mol. The molecule has 5 nitrogen and oxygen atoms in total. The number of rotatable bonds is 6. The van der Waals surface area contributed by atoms with E-state index in [9.17, 15) is 4.79 Å². The van der Waals surface area contributed by atoms with Crippen LogP contribution in [0.25, 0.3) is 10.8 Å². The average Bonchev–Trinajstić information content (AvgIpc) is 2.51. The fourth-order valence-corrected chi connectivity index (χ4v) is 2.21. The van der Waals surface area contributed by atoms with Crippen LogP contribution in [0.1, 0.15) is 24.2 Å². The molecule has 0 radical (unpaired) electrons. The number of carbonyl (C=O) groups is 1. The van der Waals surface area contributed by atoms with E-state index in [4.69, 9.17) is 4.74 Å². The third kappa shape index (κ3) is 3.49. The first-order valence-electron chi connectivity index (χ1n) is 7.11. The lowest BCUT2D eigenvalue weighted by atomic mass is 10.1. The summed E-state index contributed by atoms with van der Waals surface area (Å²) >= 11 is 0. The maximum Gasteiger partial charge on any atom is 0.253 e. The zero-order valence-corrected chi connectivity index (χ0v) is 12.6. The molecular formula is C16H21N3O2. The third-order valence-corrected chi connectivity index (χ3v) is 3.23. The molecule has 1 aromatic heterocycles. The quantitative estimate of drug-likeness (QED) is 0.856. The summed E-state index contributed by atoms with van der Waals surface area (Å²) in [7, 11) is 1.82. The number of pyridine rings is 1. The Morgan fingerprint density at radius 3 is 2.71 bits per heavy atom. The standard InChI is InChI=1S/C16H21N3O2/c1-4-21-10-11(2)19-16(20)14-9-18-15(17-3)13-8-6-5-7-12(13)14/h5-9,11H,4,10H2,1-3H3,(H,17,18)(H,19,20). The van der Waals surface area contributed by atoms with E-state index < -0.39 is 0 Å². The first-order chi connectivity index (χ1) is 10.2. The molecule has 5 heteroatoms. The van der Waals surface area contributed by atoms with Gasteiger partial charge in [-0.3, -0.25) is 4.79 Å². The summed E-state index contributed by atoms with van der Waals surface area (Å²) in [5.74, 6) is 0.637. The Balaban J connectivity index is 2.28. The second-order valence-corrected chi connectivity index (χ2v) is 4.85. The Morgan fingerprint density at radius 2 is 2.05 bits per heavy atom. The molecule has 0 aliphatic carbocycles. The van der Waals surface area contributed by atoms with Crippen molar-refractivity contribution in [2.45, 2.75) is 19.9 Å². The number of hydrogen-bond acceptors (Lipinski definition) is 4. The smallest absolute Gasteiger partial charge is 0.253 e. The van der Waals surface area contributed by atoms with Gasteiger partial charge in [0, 0.05) is 31.3 Å². The Kier molecular flexibility index (Phi) is 5.11. The van der Waals surface area contributed by atoms with E-state index in [1.54, 1.807) is 6.20 Å². The number of ether oxygens (including phenoxy) is 1. The van der Waals surface area contributed by atoms with Crippen molar-refractivity contribution < 1.29 is 9.53 Å². The molecule has 1 unspecified atom stereocenters. The summed E-state index contributed by atoms with van der Waals surface area (Å²) in [6.45, 7) is 5.00. The van der Waals surface area contributed by atoms with E-state index in [0.717, 1.165) is 16.6 Å². The molecule has 2 rings (SSSR count).